The van der Waals surface area contributed by atoms with Crippen molar-refractivity contribution in [3.63, 3.8) is 0 Å². The quantitative estimate of drug-likeness (QED) is 0.256. The molecule has 5 atom stereocenters. The van der Waals surface area contributed by atoms with Crippen molar-refractivity contribution in [1.29, 1.82) is 0 Å². The molecule has 17 heteroatoms. The zero-order chi connectivity index (χ0) is 39.5. The van der Waals surface area contributed by atoms with Crippen LogP contribution in [0.4, 0.5) is 10.2 Å². The highest BCUT2D eigenvalue weighted by atomic mass is 19.1. The number of carbonyl (C=O) groups excluding carboxylic acids is 4. The number of allylic oxidation sites excluding steroid dienone is 2. The lowest BCUT2D eigenvalue weighted by Crippen LogP contribution is -2.44. The number of aliphatic hydroxyl groups is 1. The van der Waals surface area contributed by atoms with Gasteiger partial charge in [0.15, 0.2) is 11.6 Å². The number of pyridine rings is 1. The van der Waals surface area contributed by atoms with Gasteiger partial charge < -0.3 is 35.5 Å². The molecule has 2 aliphatic rings. The summed E-state index contributed by atoms with van der Waals surface area (Å²) >= 11 is 0. The molecule has 5 unspecified atom stereocenters. The van der Waals surface area contributed by atoms with Gasteiger partial charge in [-0.3, -0.25) is 19.1 Å². The maximum atomic E-state index is 14.8. The molecule has 2 bridgehead atoms. The largest absolute Gasteiger partial charge is 0.460 e. The van der Waals surface area contributed by atoms with E-state index in [4.69, 9.17) is 14.9 Å². The molecular formula is C38H48FN9O7. The molecule has 3 aromatic heterocycles. The number of ether oxygens (including phenoxy) is 1. The van der Waals surface area contributed by atoms with Gasteiger partial charge in [0.25, 0.3) is 5.91 Å². The van der Waals surface area contributed by atoms with Gasteiger partial charge in [-0.15, -0.1) is 5.10 Å². The Balaban J connectivity index is 1.32. The first kappa shape index (κ1) is 40.5. The van der Waals surface area contributed by atoms with Crippen LogP contribution >= 0.6 is 0 Å². The van der Waals surface area contributed by atoms with Gasteiger partial charge in [-0.25, -0.2) is 19.2 Å². The number of hydrogen-bond donors (Lipinski definition) is 4. The molecule has 1 saturated heterocycles. The number of rotatable bonds is 7. The predicted octanol–water partition coefficient (Wildman–Crippen LogP) is 2.73. The second-order valence-corrected chi connectivity index (χ2v) is 14.0. The number of anilines is 1. The highest BCUT2D eigenvalue weighted by Gasteiger charge is 2.39. The summed E-state index contributed by atoms with van der Waals surface area (Å²) in [5.74, 6) is -2.72. The van der Waals surface area contributed by atoms with Gasteiger partial charge in [0.1, 0.15) is 36.1 Å². The van der Waals surface area contributed by atoms with Crippen molar-refractivity contribution >= 4 is 29.5 Å². The Kier molecular flexibility index (Phi) is 14.0. The average Bonchev–Trinajstić information content (AvgIpc) is 3.92. The first-order chi connectivity index (χ1) is 26.4. The number of nitrogens with two attached hydrogens (primary N) is 1. The van der Waals surface area contributed by atoms with E-state index in [9.17, 15) is 28.7 Å². The number of halogens is 1. The fourth-order valence-corrected chi connectivity index (χ4v) is 6.53. The molecular weight excluding hydrogens is 713 g/mol. The number of oxazole rings is 1. The Morgan fingerprint density at radius 2 is 2.04 bits per heavy atom. The van der Waals surface area contributed by atoms with Gasteiger partial charge >= 0.3 is 5.97 Å². The van der Waals surface area contributed by atoms with Gasteiger partial charge in [0.05, 0.1) is 25.3 Å². The Morgan fingerprint density at radius 3 is 2.82 bits per heavy atom. The van der Waals surface area contributed by atoms with Gasteiger partial charge in [-0.05, 0) is 43.9 Å². The SMILES string of the molecule is CC1=CC(O)CC(F)Cc2nc(co2)C(=O)N2CCCC2C(=O)OC(C(C)C)C(CC(=O)NCCn2cc(-c3cccnc3N)nn2)/C=C/C(=O)NCC=C1. The van der Waals surface area contributed by atoms with E-state index in [0.29, 0.717) is 42.0 Å². The summed E-state index contributed by atoms with van der Waals surface area (Å²) in [5.41, 5.74) is 7.71. The predicted molar refractivity (Wildman–Crippen MR) is 198 cm³/mol. The third kappa shape index (κ3) is 11.4. The monoisotopic (exact) mass is 761 g/mol. The first-order valence-corrected chi connectivity index (χ1v) is 18.3. The molecule has 0 saturated carbocycles. The summed E-state index contributed by atoms with van der Waals surface area (Å²) < 4.78 is 27.9. The van der Waals surface area contributed by atoms with Crippen molar-refractivity contribution in [3.8, 4) is 11.3 Å². The lowest BCUT2D eigenvalue weighted by Gasteiger charge is -2.30. The number of esters is 1. The van der Waals surface area contributed by atoms with E-state index in [-0.39, 0.29) is 62.3 Å². The summed E-state index contributed by atoms with van der Waals surface area (Å²) in [6.07, 6.45) is 8.95. The summed E-state index contributed by atoms with van der Waals surface area (Å²) in [7, 11) is 0. The highest BCUT2D eigenvalue weighted by Crippen LogP contribution is 2.27. The zero-order valence-corrected chi connectivity index (χ0v) is 31.1. The van der Waals surface area contributed by atoms with Crippen LogP contribution in [0.2, 0.25) is 0 Å². The number of carbonyl (C=O) groups is 4. The molecule has 55 heavy (non-hydrogen) atoms. The molecule has 3 aromatic rings. The van der Waals surface area contributed by atoms with Crippen molar-refractivity contribution in [2.75, 3.05) is 25.4 Å². The van der Waals surface area contributed by atoms with Crippen molar-refractivity contribution in [2.45, 2.75) is 83.8 Å². The molecule has 0 radical (unpaired) electrons. The van der Waals surface area contributed by atoms with Crippen LogP contribution in [0.5, 0.6) is 0 Å². The topological polar surface area (TPSA) is 221 Å². The number of amides is 3. The Bertz CT molecular complexity index is 1900. The summed E-state index contributed by atoms with van der Waals surface area (Å²) in [6.45, 7) is 6.34. The van der Waals surface area contributed by atoms with E-state index in [0.717, 1.165) is 6.26 Å². The molecule has 0 aromatic carbocycles. The zero-order valence-electron chi connectivity index (χ0n) is 31.1. The minimum Gasteiger partial charge on any atom is -0.460 e. The second kappa shape index (κ2) is 19.1. The molecule has 0 aliphatic carbocycles. The Morgan fingerprint density at radius 1 is 1.22 bits per heavy atom. The number of aromatic nitrogens is 5. The maximum Gasteiger partial charge on any atom is 0.329 e. The number of aliphatic hydroxyl groups excluding tert-OH is 1. The lowest BCUT2D eigenvalue weighted by molar-refractivity contribution is -0.159. The number of nitrogen functional groups attached to an aromatic ring is 1. The summed E-state index contributed by atoms with van der Waals surface area (Å²) in [4.78, 5) is 63.1. The fourth-order valence-electron chi connectivity index (χ4n) is 6.53. The summed E-state index contributed by atoms with van der Waals surface area (Å²) in [6, 6.07) is 2.59. The number of nitrogens with one attached hydrogen (secondary N) is 2. The second-order valence-electron chi connectivity index (χ2n) is 14.0. The van der Waals surface area contributed by atoms with E-state index < -0.39 is 48.1 Å². The first-order valence-electron chi connectivity index (χ1n) is 18.3. The van der Waals surface area contributed by atoms with Crippen molar-refractivity contribution < 1.29 is 37.8 Å². The normalized spacial score (nSPS) is 23.8. The van der Waals surface area contributed by atoms with Crippen molar-refractivity contribution in [3.05, 3.63) is 78.3 Å². The Labute approximate surface area is 318 Å². The van der Waals surface area contributed by atoms with E-state index in [1.807, 2.05) is 13.8 Å². The average molecular weight is 762 g/mol. The molecule has 2 aliphatic heterocycles. The fraction of sp³-hybridized carbons (Fsp3) is 0.474. The third-order valence-corrected chi connectivity index (χ3v) is 9.24. The molecule has 5 heterocycles. The van der Waals surface area contributed by atoms with Crippen LogP contribution in [0.25, 0.3) is 11.3 Å². The van der Waals surface area contributed by atoms with Gasteiger partial charge in [-0.2, -0.15) is 0 Å². The standard InChI is InChI=1S/C38H48FN9O7/c1-23(2)35-25(18-33(51)42-14-16-47-21-29(45-46-47)28-8-5-13-43-36(28)40)10-11-32(50)41-12-4-7-24(3)17-27(49)19-26(39)20-34-44-30(22-54-34)37(52)48-15-6-9-31(48)38(53)55-35/h4-5,7-8,10-11,13,17,21-23,25-27,31,35,49H,6,9,12,14-16,18-20H2,1-3H3,(H2,40,43)(H,41,50)(H,42,51)/b7-4?,11-10+,24-17?. The van der Waals surface area contributed by atoms with Crippen molar-refractivity contribution in [1.82, 2.24) is 40.5 Å². The van der Waals surface area contributed by atoms with Crippen LogP contribution < -0.4 is 16.4 Å². The van der Waals surface area contributed by atoms with Crippen LogP contribution in [0, 0.1) is 11.8 Å². The molecule has 294 valence electrons. The molecule has 16 nitrogen and oxygen atoms in total. The maximum absolute atomic E-state index is 14.8. The number of alkyl halides is 1. The van der Waals surface area contributed by atoms with Gasteiger partial charge in [0.2, 0.25) is 11.8 Å². The minimum atomic E-state index is -1.50. The van der Waals surface area contributed by atoms with E-state index >= 15 is 0 Å². The van der Waals surface area contributed by atoms with Crippen molar-refractivity contribution in [2.24, 2.45) is 11.8 Å². The number of cyclic esters (lactones) is 1. The van der Waals surface area contributed by atoms with Crippen LogP contribution in [0.3, 0.4) is 0 Å². The minimum absolute atomic E-state index is 0.00941. The number of hydrogen-bond acceptors (Lipinski definition) is 12. The molecule has 1 fully saturated rings. The Hall–Kier alpha value is -5.71. The van der Waals surface area contributed by atoms with Gasteiger partial charge in [-0.1, -0.05) is 48.9 Å². The highest BCUT2D eigenvalue weighted by molar-refractivity contribution is 5.95. The number of nitrogens with zero attached hydrogens (tertiary/aromatic N) is 6. The van der Waals surface area contributed by atoms with E-state index in [1.165, 1.54) is 17.1 Å². The van der Waals surface area contributed by atoms with Crippen LogP contribution in [0.15, 0.2) is 71.2 Å². The smallest absolute Gasteiger partial charge is 0.329 e. The van der Waals surface area contributed by atoms with E-state index in [2.05, 4.69) is 30.9 Å². The molecule has 0 spiro atoms. The third-order valence-electron chi connectivity index (χ3n) is 9.24. The number of fused-ring (bicyclic) bond motifs is 3. The van der Waals surface area contributed by atoms with Crippen LogP contribution in [0.1, 0.15) is 62.8 Å². The van der Waals surface area contributed by atoms with Crippen LogP contribution in [-0.4, -0.2) is 103 Å². The van der Waals surface area contributed by atoms with E-state index in [1.54, 1.807) is 54.4 Å². The molecule has 5 rings (SSSR count). The lowest BCUT2D eigenvalue weighted by atomic mass is 9.89. The van der Waals surface area contributed by atoms with Gasteiger partial charge in [0, 0.05) is 50.2 Å². The summed E-state index contributed by atoms with van der Waals surface area (Å²) in [5, 5.41) is 24.3. The van der Waals surface area contributed by atoms with Crippen LogP contribution in [-0.2, 0) is 32.1 Å². The molecule has 5 N–H and O–H groups in total. The molecule has 3 amide bonds.